The van der Waals surface area contributed by atoms with Crippen LogP contribution >= 0.6 is 0 Å². The second-order valence-corrected chi connectivity index (χ2v) is 6.62. The van der Waals surface area contributed by atoms with E-state index >= 15 is 0 Å². The number of benzene rings is 2. The molecule has 0 N–H and O–H groups in total. The van der Waals surface area contributed by atoms with Crippen molar-refractivity contribution in [3.8, 4) is 6.07 Å². The number of hydrogen-bond acceptors (Lipinski definition) is 5. The van der Waals surface area contributed by atoms with Crippen molar-refractivity contribution in [3.05, 3.63) is 76.3 Å². The molecule has 0 amide bonds. The van der Waals surface area contributed by atoms with Crippen molar-refractivity contribution in [1.82, 2.24) is 9.55 Å². The lowest BCUT2D eigenvalue weighted by Crippen LogP contribution is -2.28. The summed E-state index contributed by atoms with van der Waals surface area (Å²) in [5.41, 5.74) is 0.554. The van der Waals surface area contributed by atoms with Gasteiger partial charge in [-0.25, -0.2) is 4.98 Å². The van der Waals surface area contributed by atoms with Crippen LogP contribution in [0.1, 0.15) is 24.2 Å². The number of hydrogen-bond donors (Lipinski definition) is 0. The van der Waals surface area contributed by atoms with Gasteiger partial charge in [-0.3, -0.25) is 14.2 Å². The zero-order chi connectivity index (χ0) is 18.9. The average molecular weight is 359 g/mol. The summed E-state index contributed by atoms with van der Waals surface area (Å²) < 4.78 is 6.79. The van der Waals surface area contributed by atoms with Crippen LogP contribution < -0.4 is 5.56 Å². The zero-order valence-electron chi connectivity index (χ0n) is 14.6. The van der Waals surface area contributed by atoms with Gasteiger partial charge < -0.3 is 4.74 Å². The molecule has 1 fully saturated rings. The van der Waals surface area contributed by atoms with Crippen LogP contribution in [0.25, 0.3) is 10.9 Å². The Morgan fingerprint density at radius 2 is 1.85 bits per heavy atom. The summed E-state index contributed by atoms with van der Waals surface area (Å²) in [6.07, 6.45) is 1.48. The molecule has 0 unspecified atom stereocenters. The van der Waals surface area contributed by atoms with Gasteiger partial charge in [0, 0.05) is 0 Å². The van der Waals surface area contributed by atoms with E-state index in [-0.39, 0.29) is 30.5 Å². The summed E-state index contributed by atoms with van der Waals surface area (Å²) >= 11 is 0. The van der Waals surface area contributed by atoms with Gasteiger partial charge in [-0.2, -0.15) is 5.26 Å². The quantitative estimate of drug-likeness (QED) is 0.654. The van der Waals surface area contributed by atoms with Gasteiger partial charge in [-0.15, -0.1) is 0 Å². The van der Waals surface area contributed by atoms with Gasteiger partial charge in [0.1, 0.15) is 13.2 Å². The van der Waals surface area contributed by atoms with Crippen LogP contribution in [0.3, 0.4) is 0 Å². The normalized spacial score (nSPS) is 14.5. The fraction of sp³-hybridized carbons (Fsp3) is 0.238. The van der Waals surface area contributed by atoms with E-state index in [0.29, 0.717) is 10.9 Å². The van der Waals surface area contributed by atoms with Gasteiger partial charge in [-0.05, 0) is 30.5 Å². The lowest BCUT2D eigenvalue weighted by atomic mass is 9.96. The fourth-order valence-electron chi connectivity index (χ4n) is 3.32. The van der Waals surface area contributed by atoms with Gasteiger partial charge in [0.15, 0.2) is 5.82 Å². The highest BCUT2D eigenvalue weighted by atomic mass is 16.5. The Labute approximate surface area is 155 Å². The van der Waals surface area contributed by atoms with E-state index in [0.717, 1.165) is 18.4 Å². The number of nitriles is 1. The molecule has 0 saturated heterocycles. The van der Waals surface area contributed by atoms with Crippen molar-refractivity contribution < 1.29 is 9.53 Å². The Balaban J connectivity index is 1.62. The summed E-state index contributed by atoms with van der Waals surface area (Å²) in [7, 11) is 0. The van der Waals surface area contributed by atoms with Gasteiger partial charge in [0.05, 0.1) is 22.4 Å². The topological polar surface area (TPSA) is 85.0 Å². The van der Waals surface area contributed by atoms with Gasteiger partial charge >= 0.3 is 5.97 Å². The zero-order valence-corrected chi connectivity index (χ0v) is 14.6. The number of carbonyl (C=O) groups is 1. The van der Waals surface area contributed by atoms with Crippen LogP contribution in [0, 0.1) is 11.3 Å². The molecule has 4 rings (SSSR count). The molecular weight excluding hydrogens is 342 g/mol. The summed E-state index contributed by atoms with van der Waals surface area (Å²) in [6.45, 7) is -0.289. The molecule has 0 radical (unpaired) electrons. The molecule has 1 aliphatic rings. The monoisotopic (exact) mass is 359 g/mol. The lowest BCUT2D eigenvalue weighted by Gasteiger charge is -2.16. The van der Waals surface area contributed by atoms with Gasteiger partial charge in [0.2, 0.25) is 0 Å². The van der Waals surface area contributed by atoms with Gasteiger partial charge in [-0.1, -0.05) is 42.5 Å². The first-order valence-corrected chi connectivity index (χ1v) is 8.74. The van der Waals surface area contributed by atoms with Crippen LogP contribution in [0.15, 0.2) is 59.4 Å². The second-order valence-electron chi connectivity index (χ2n) is 6.62. The van der Waals surface area contributed by atoms with Crippen molar-refractivity contribution in [2.45, 2.75) is 31.4 Å². The highest BCUT2D eigenvalue weighted by Gasteiger charge is 2.52. The maximum Gasteiger partial charge on any atom is 0.317 e. The third-order valence-electron chi connectivity index (χ3n) is 4.97. The Kier molecular flexibility index (Phi) is 4.21. The molecular formula is C21H17N3O3. The van der Waals surface area contributed by atoms with Crippen LogP contribution in [-0.4, -0.2) is 15.5 Å². The van der Waals surface area contributed by atoms with E-state index in [1.165, 1.54) is 4.57 Å². The van der Waals surface area contributed by atoms with Crippen molar-refractivity contribution in [3.63, 3.8) is 0 Å². The maximum absolute atomic E-state index is 12.7. The molecule has 2 aromatic carbocycles. The number of nitrogens with zero attached hydrogens (tertiary/aromatic N) is 3. The lowest BCUT2D eigenvalue weighted by molar-refractivity contribution is -0.148. The van der Waals surface area contributed by atoms with E-state index in [1.807, 2.05) is 36.4 Å². The third kappa shape index (κ3) is 2.97. The first-order chi connectivity index (χ1) is 13.2. The minimum atomic E-state index is -0.599. The molecule has 134 valence electrons. The van der Waals surface area contributed by atoms with E-state index in [9.17, 15) is 9.59 Å². The summed E-state index contributed by atoms with van der Waals surface area (Å²) in [4.78, 5) is 29.8. The molecule has 0 atom stereocenters. The predicted octanol–water partition coefficient (Wildman–Crippen LogP) is 2.70. The third-order valence-corrected chi connectivity index (χ3v) is 4.97. The van der Waals surface area contributed by atoms with E-state index in [1.54, 1.807) is 24.3 Å². The summed E-state index contributed by atoms with van der Waals surface area (Å²) in [6, 6.07) is 18.5. The number of para-hydroxylation sites is 1. The molecule has 27 heavy (non-hydrogen) atoms. The van der Waals surface area contributed by atoms with Gasteiger partial charge in [0.25, 0.3) is 5.56 Å². The SMILES string of the molecule is N#CCn1c(COC(=O)C2(c3ccccc3)CC2)nc2ccccc2c1=O. The number of fused-ring (bicyclic) bond motifs is 1. The van der Waals surface area contributed by atoms with E-state index in [2.05, 4.69) is 4.98 Å². The highest BCUT2D eigenvalue weighted by molar-refractivity contribution is 5.86. The highest BCUT2D eigenvalue weighted by Crippen LogP contribution is 2.49. The number of ether oxygens (including phenoxy) is 1. The number of esters is 1. The predicted molar refractivity (Wildman–Crippen MR) is 98.8 cm³/mol. The van der Waals surface area contributed by atoms with E-state index in [4.69, 9.17) is 10.00 Å². The minimum Gasteiger partial charge on any atom is -0.457 e. The summed E-state index contributed by atoms with van der Waals surface area (Å²) in [5, 5.41) is 9.50. The smallest absolute Gasteiger partial charge is 0.317 e. The molecule has 6 heteroatoms. The molecule has 6 nitrogen and oxygen atoms in total. The van der Waals surface area contributed by atoms with Crippen LogP contribution in [0.4, 0.5) is 0 Å². The number of carbonyl (C=O) groups excluding carboxylic acids is 1. The molecule has 0 aliphatic heterocycles. The molecule has 0 spiro atoms. The fourth-order valence-corrected chi connectivity index (χ4v) is 3.32. The standard InChI is InChI=1S/C21H17N3O3/c22-12-13-24-18(23-17-9-5-4-8-16(17)19(24)25)14-27-20(26)21(10-11-21)15-6-2-1-3-7-15/h1-9H,10-11,13-14H2. The van der Waals surface area contributed by atoms with Crippen molar-refractivity contribution in [1.29, 1.82) is 5.26 Å². The average Bonchev–Trinajstić information content (AvgIpc) is 3.51. The summed E-state index contributed by atoms with van der Waals surface area (Å²) in [5.74, 6) is -0.0444. The van der Waals surface area contributed by atoms with Crippen LogP contribution in [0.2, 0.25) is 0 Å². The first-order valence-electron chi connectivity index (χ1n) is 8.74. The van der Waals surface area contributed by atoms with Crippen LogP contribution in [0.5, 0.6) is 0 Å². The largest absolute Gasteiger partial charge is 0.457 e. The Morgan fingerprint density at radius 1 is 1.15 bits per heavy atom. The Hall–Kier alpha value is -3.46. The first kappa shape index (κ1) is 17.0. The minimum absolute atomic E-state index is 0.144. The Bertz CT molecular complexity index is 1110. The number of rotatable bonds is 5. The Morgan fingerprint density at radius 3 is 2.56 bits per heavy atom. The molecule has 1 aliphatic carbocycles. The molecule has 1 aromatic heterocycles. The van der Waals surface area contributed by atoms with Crippen molar-refractivity contribution >= 4 is 16.9 Å². The van der Waals surface area contributed by atoms with Crippen molar-refractivity contribution in [2.24, 2.45) is 0 Å². The molecule has 0 bridgehead atoms. The maximum atomic E-state index is 12.7. The molecule has 3 aromatic rings. The molecule has 1 saturated carbocycles. The van der Waals surface area contributed by atoms with Crippen molar-refractivity contribution in [2.75, 3.05) is 0 Å². The number of aromatic nitrogens is 2. The molecule has 1 heterocycles. The van der Waals surface area contributed by atoms with E-state index < -0.39 is 5.41 Å². The van der Waals surface area contributed by atoms with Crippen LogP contribution in [-0.2, 0) is 28.1 Å². The second kappa shape index (κ2) is 6.69.